The first-order chi connectivity index (χ1) is 34.8. The minimum atomic E-state index is -4.86. The number of urea groups is 1. The van der Waals surface area contributed by atoms with Crippen LogP contribution in [0, 0.1) is 40.6 Å². The fourth-order valence-electron chi connectivity index (χ4n) is 6.75. The van der Waals surface area contributed by atoms with Gasteiger partial charge < -0.3 is 27.3 Å². The molecule has 0 saturated heterocycles. The van der Waals surface area contributed by atoms with E-state index in [9.17, 15) is 41.2 Å². The van der Waals surface area contributed by atoms with Crippen LogP contribution in [0.5, 0.6) is 11.5 Å². The maximum Gasteiger partial charge on any atom is 0.573 e. The molecule has 6 aromatic rings. The molecular formula is C46H31Cl4F6N14O4-. The summed E-state index contributed by atoms with van der Waals surface area (Å²) in [4.78, 5) is 29.3. The van der Waals surface area contributed by atoms with Gasteiger partial charge in [0.1, 0.15) is 42.3 Å². The van der Waals surface area contributed by atoms with Crippen molar-refractivity contribution >= 4 is 69.0 Å². The summed E-state index contributed by atoms with van der Waals surface area (Å²) in [6.07, 6.45) is -3.45. The Morgan fingerprint density at radius 1 is 0.730 bits per heavy atom. The predicted octanol–water partition coefficient (Wildman–Crippen LogP) is 7.31. The average molecular weight is 1100 g/mol. The highest BCUT2D eigenvalue weighted by Crippen LogP contribution is 2.30. The highest BCUT2D eigenvalue weighted by molar-refractivity contribution is 6.66. The van der Waals surface area contributed by atoms with Crippen molar-refractivity contribution in [3.05, 3.63) is 166 Å². The maximum absolute atomic E-state index is 13.4. The molecule has 3 amide bonds. The van der Waals surface area contributed by atoms with Crippen LogP contribution in [0.25, 0.3) is 4.85 Å². The molecule has 0 saturated carbocycles. The number of anilines is 2. The van der Waals surface area contributed by atoms with E-state index in [-0.39, 0.29) is 49.6 Å². The Balaban J connectivity index is 0.000000225. The lowest BCUT2D eigenvalue weighted by Crippen LogP contribution is -3.00. The quantitative estimate of drug-likeness (QED) is 0.0475. The number of carbonyl (C=O) groups excluding carboxylic acids is 2. The summed E-state index contributed by atoms with van der Waals surface area (Å²) in [5, 5.41) is 45.9. The van der Waals surface area contributed by atoms with Gasteiger partial charge in [-0.3, -0.25) is 23.9 Å². The molecule has 8 rings (SSSR count). The van der Waals surface area contributed by atoms with Crippen LogP contribution >= 0.6 is 34.8 Å². The zero-order chi connectivity index (χ0) is 52.9. The molecule has 380 valence electrons. The lowest BCUT2D eigenvalue weighted by atomic mass is 10.0. The van der Waals surface area contributed by atoms with Gasteiger partial charge in [0.25, 0.3) is 6.67 Å². The van der Waals surface area contributed by atoms with E-state index < -0.39 is 41.7 Å². The highest BCUT2D eigenvalue weighted by atomic mass is 35.5. The Morgan fingerprint density at radius 2 is 1.19 bits per heavy atom. The smallest absolute Gasteiger partial charge is 0.573 e. The topological polar surface area (TPSA) is 210 Å². The maximum atomic E-state index is 13.4. The van der Waals surface area contributed by atoms with Crippen molar-refractivity contribution in [2.75, 3.05) is 36.1 Å². The van der Waals surface area contributed by atoms with Gasteiger partial charge in [0.15, 0.2) is 0 Å². The fraction of sp³-hybridized carbons (Fsp3) is 0.174. The summed E-state index contributed by atoms with van der Waals surface area (Å²) in [6, 6.07) is 28.0. The van der Waals surface area contributed by atoms with E-state index in [1.54, 1.807) is 41.3 Å². The second-order valence-corrected chi connectivity index (χ2v) is 15.9. The molecule has 1 N–H and O–H groups in total. The van der Waals surface area contributed by atoms with E-state index in [0.717, 1.165) is 50.3 Å². The Hall–Kier alpha value is -8.52. The molecule has 4 aromatic carbocycles. The normalized spacial score (nSPS) is 14.5. The van der Waals surface area contributed by atoms with Gasteiger partial charge >= 0.3 is 24.1 Å². The molecule has 18 nitrogen and oxygen atoms in total. The Morgan fingerprint density at radius 3 is 1.61 bits per heavy atom. The molecule has 0 aliphatic carbocycles. The van der Waals surface area contributed by atoms with Crippen molar-refractivity contribution in [2.24, 2.45) is 10.2 Å². The summed E-state index contributed by atoms with van der Waals surface area (Å²) in [6.45, 7) is 6.62. The number of amides is 3. The summed E-state index contributed by atoms with van der Waals surface area (Å²) in [7, 11) is 0. The van der Waals surface area contributed by atoms with Crippen LogP contribution in [-0.4, -0.2) is 86.4 Å². The molecule has 74 heavy (non-hydrogen) atoms. The van der Waals surface area contributed by atoms with E-state index in [4.69, 9.17) is 51.9 Å². The number of hydrazone groups is 2. The first-order valence-corrected chi connectivity index (χ1v) is 21.7. The predicted molar refractivity (Wildman–Crippen MR) is 252 cm³/mol. The van der Waals surface area contributed by atoms with Crippen LogP contribution in [0.1, 0.15) is 34.3 Å². The van der Waals surface area contributed by atoms with Gasteiger partial charge in [-0.05, 0) is 84.4 Å². The van der Waals surface area contributed by atoms with Crippen molar-refractivity contribution in [1.29, 1.82) is 15.8 Å². The van der Waals surface area contributed by atoms with E-state index in [0.29, 0.717) is 39.0 Å². The number of nitrogens with one attached hydrogen (secondary N) is 1. The van der Waals surface area contributed by atoms with Crippen molar-refractivity contribution in [1.82, 2.24) is 30.0 Å². The molecule has 2 aliphatic heterocycles. The van der Waals surface area contributed by atoms with Gasteiger partial charge in [-0.2, -0.15) is 36.2 Å². The summed E-state index contributed by atoms with van der Waals surface area (Å²) >= 11 is 17.1. The molecule has 0 spiro atoms. The monoisotopic (exact) mass is 1100 g/mol. The van der Waals surface area contributed by atoms with Gasteiger partial charge in [-0.1, -0.05) is 47.5 Å². The van der Waals surface area contributed by atoms with Gasteiger partial charge in [0, 0.05) is 39.3 Å². The minimum absolute atomic E-state index is 0. The van der Waals surface area contributed by atoms with Crippen LogP contribution < -0.4 is 37.1 Å². The van der Waals surface area contributed by atoms with Crippen molar-refractivity contribution in [2.45, 2.75) is 24.8 Å². The molecule has 0 bridgehead atoms. The lowest BCUT2D eigenvalue weighted by Gasteiger charge is -2.24. The molecule has 28 heteroatoms. The van der Waals surface area contributed by atoms with E-state index in [1.807, 2.05) is 36.4 Å². The number of hydrogen-bond acceptors (Lipinski definition) is 12. The van der Waals surface area contributed by atoms with Crippen LogP contribution in [0.3, 0.4) is 0 Å². The number of hydrogen-bond donors (Lipinski definition) is 1. The number of benzene rings is 4. The lowest BCUT2D eigenvalue weighted by molar-refractivity contribution is -0.275. The largest absolute Gasteiger partial charge is 1.00 e. The number of nitrogens with zero attached hydrogens (tertiary/aromatic N) is 13. The summed E-state index contributed by atoms with van der Waals surface area (Å²) in [5.41, 5.74) is 7.24. The third-order valence-electron chi connectivity index (χ3n) is 9.94. The van der Waals surface area contributed by atoms with E-state index in [1.165, 1.54) is 41.3 Å². The van der Waals surface area contributed by atoms with Crippen LogP contribution in [0.4, 0.5) is 47.3 Å². The number of carbonyl (C=O) groups is 2. The fourth-order valence-corrected chi connectivity index (χ4v) is 7.15. The second-order valence-electron chi connectivity index (χ2n) is 14.7. The van der Waals surface area contributed by atoms with Crippen molar-refractivity contribution < 1.29 is 57.8 Å². The molecule has 2 atom stereocenters. The molecular weight excluding hydrogens is 1070 g/mol. The Kier molecular flexibility index (Phi) is 19.2. The number of nitriles is 3. The number of ether oxygens (including phenoxy) is 2. The SMILES string of the molecule is N#CCN(C(=O)N1CC(n2cc(C#N)cn2)C(c2ccc(Cl)cc2)=N1)c1ccc(OC(F)(F)F)cc1.N#Cc1cnn(C2CNN=C2c2ccc(Cl)cc2)c1.[C-]#[N+]CN(C(=O)Cl)c1ccc(OC(F)(F)F)cc1.[Cl-]. The molecule has 2 aliphatic rings. The first kappa shape index (κ1) is 56.4. The van der Waals surface area contributed by atoms with Crippen LogP contribution in [0.2, 0.25) is 10.0 Å². The number of aromatic nitrogens is 4. The molecule has 0 fully saturated rings. The van der Waals surface area contributed by atoms with Gasteiger partial charge in [0.05, 0.1) is 59.8 Å². The highest BCUT2D eigenvalue weighted by Gasteiger charge is 2.36. The van der Waals surface area contributed by atoms with Crippen LogP contribution in [-0.2, 0) is 0 Å². The zero-order valence-corrected chi connectivity index (χ0v) is 40.3. The molecule has 0 radical (unpaired) electrons. The van der Waals surface area contributed by atoms with Crippen molar-refractivity contribution in [3.8, 4) is 29.7 Å². The van der Waals surface area contributed by atoms with Crippen LogP contribution in [0.15, 0.2) is 132 Å². The minimum Gasteiger partial charge on any atom is -1.00 e. The molecule has 4 heterocycles. The Bertz CT molecular complexity index is 3140. The van der Waals surface area contributed by atoms with E-state index >= 15 is 0 Å². The molecule has 2 unspecified atom stereocenters. The number of halogens is 10. The Labute approximate surface area is 437 Å². The third-order valence-corrected chi connectivity index (χ3v) is 10.6. The zero-order valence-electron chi connectivity index (χ0n) is 37.3. The third kappa shape index (κ3) is 15.2. The second kappa shape index (κ2) is 25.2. The summed E-state index contributed by atoms with van der Waals surface area (Å²) in [5.74, 6) is -0.886. The number of alkyl halides is 6. The van der Waals surface area contributed by atoms with E-state index in [2.05, 4.69) is 46.2 Å². The number of rotatable bonds is 10. The first-order valence-electron chi connectivity index (χ1n) is 20.6. The average Bonchev–Trinajstić information content (AvgIpc) is 4.20. The van der Waals surface area contributed by atoms with Gasteiger partial charge in [-0.15, -0.1) is 26.3 Å². The van der Waals surface area contributed by atoms with Gasteiger partial charge in [0.2, 0.25) is 0 Å². The summed E-state index contributed by atoms with van der Waals surface area (Å²) < 4.78 is 83.9. The molecule has 2 aromatic heterocycles. The van der Waals surface area contributed by atoms with Gasteiger partial charge in [-0.25, -0.2) is 21.3 Å². The van der Waals surface area contributed by atoms with Crippen molar-refractivity contribution in [3.63, 3.8) is 0 Å². The standard InChI is InChI=1S/C23H15ClF3N7O2.C13H10ClN5.C10H6ClF3N2O2.ClH/c24-17-3-1-16(2-4-17)21-20(33-13-15(11-29)12-30-33)14-34(31-21)22(35)32(10-9-28)18-5-7-19(8-6-18)36-23(25,26)27;14-11-3-1-10(2-4-11)13-12(7-16-18-13)19-8-9(5-15)6-17-19;1-15-6-16(9(11)17)7-2-4-8(5-3-7)18-10(12,13)14;/h1-8,12-13,20H,10,14H2;1-4,6,8,12,16H,7H2;2-5H,6H2;1H/p-1.